The fraction of sp³-hybridized carbons (Fsp3) is 0.190. The van der Waals surface area contributed by atoms with E-state index in [0.29, 0.717) is 13.0 Å². The van der Waals surface area contributed by atoms with E-state index in [4.69, 9.17) is 0 Å². The first-order chi connectivity index (χ1) is 13.2. The summed E-state index contributed by atoms with van der Waals surface area (Å²) in [5.41, 5.74) is 3.97. The summed E-state index contributed by atoms with van der Waals surface area (Å²) in [5, 5.41) is 4.93. The Bertz CT molecular complexity index is 876. The van der Waals surface area contributed by atoms with E-state index in [1.165, 1.54) is 0 Å². The van der Waals surface area contributed by atoms with Gasteiger partial charge in [-0.25, -0.2) is 0 Å². The van der Waals surface area contributed by atoms with Gasteiger partial charge < -0.3 is 15.5 Å². The van der Waals surface area contributed by atoms with Crippen molar-refractivity contribution in [2.75, 3.05) is 18.0 Å². The van der Waals surface area contributed by atoms with Crippen molar-refractivity contribution in [3.63, 3.8) is 0 Å². The predicted octanol–water partition coefficient (Wildman–Crippen LogP) is 1.96. The second-order valence-corrected chi connectivity index (χ2v) is 6.17. The molecule has 6 heteroatoms. The van der Waals surface area contributed by atoms with Gasteiger partial charge >= 0.3 is 0 Å². The van der Waals surface area contributed by atoms with E-state index in [1.807, 2.05) is 54.6 Å². The van der Waals surface area contributed by atoms with Gasteiger partial charge in [0.05, 0.1) is 18.8 Å². The van der Waals surface area contributed by atoms with Gasteiger partial charge in [-0.05, 0) is 22.8 Å². The van der Waals surface area contributed by atoms with Crippen LogP contribution in [0.2, 0.25) is 0 Å². The molecule has 0 saturated heterocycles. The highest BCUT2D eigenvalue weighted by molar-refractivity contribution is 5.97. The van der Waals surface area contributed by atoms with Crippen LogP contribution in [0.3, 0.4) is 0 Å². The number of anilines is 1. The molecular formula is C21H21N3O3. The molecule has 1 heterocycles. The molecule has 138 valence electrons. The highest BCUT2D eigenvalue weighted by Crippen LogP contribution is 2.29. The zero-order valence-corrected chi connectivity index (χ0v) is 14.9. The van der Waals surface area contributed by atoms with Crippen LogP contribution in [0.4, 0.5) is 5.69 Å². The average molecular weight is 363 g/mol. The quantitative estimate of drug-likeness (QED) is 0.770. The van der Waals surface area contributed by atoms with Gasteiger partial charge in [0.1, 0.15) is 0 Å². The van der Waals surface area contributed by atoms with Gasteiger partial charge in [-0.3, -0.25) is 14.4 Å². The smallest absolute Gasteiger partial charge is 0.239 e. The van der Waals surface area contributed by atoms with Crippen molar-refractivity contribution >= 4 is 36.1 Å². The number of amides is 3. The Kier molecular flexibility index (Phi) is 5.99. The maximum Gasteiger partial charge on any atom is 0.239 e. The highest BCUT2D eigenvalue weighted by atomic mass is 16.2. The van der Waals surface area contributed by atoms with Crippen molar-refractivity contribution < 1.29 is 14.4 Å². The molecule has 0 spiro atoms. The number of para-hydroxylation sites is 1. The van der Waals surface area contributed by atoms with Gasteiger partial charge in [-0.2, -0.15) is 0 Å². The van der Waals surface area contributed by atoms with E-state index in [-0.39, 0.29) is 31.3 Å². The summed E-state index contributed by atoms with van der Waals surface area (Å²) < 4.78 is 0. The predicted molar refractivity (Wildman–Crippen MR) is 105 cm³/mol. The van der Waals surface area contributed by atoms with E-state index in [1.54, 1.807) is 4.90 Å². The van der Waals surface area contributed by atoms with Crippen LogP contribution in [-0.4, -0.2) is 31.3 Å². The Balaban J connectivity index is 1.77. The second-order valence-electron chi connectivity index (χ2n) is 6.17. The third-order valence-electron chi connectivity index (χ3n) is 4.36. The van der Waals surface area contributed by atoms with Crippen molar-refractivity contribution in [2.24, 2.45) is 0 Å². The largest absolute Gasteiger partial charge is 0.354 e. The summed E-state index contributed by atoms with van der Waals surface area (Å²) in [4.78, 5) is 36.4. The second kappa shape index (κ2) is 8.80. The van der Waals surface area contributed by atoms with Crippen molar-refractivity contribution in [3.8, 4) is 0 Å². The van der Waals surface area contributed by atoms with Gasteiger partial charge in [0.15, 0.2) is 0 Å². The SMILES string of the molecule is O=CNCC(=O)NCCC(=O)N1Cc2ccccc2/C=C\c2ccccc21. The number of benzene rings is 2. The van der Waals surface area contributed by atoms with Crippen molar-refractivity contribution in [2.45, 2.75) is 13.0 Å². The molecule has 0 atom stereocenters. The minimum Gasteiger partial charge on any atom is -0.354 e. The van der Waals surface area contributed by atoms with Crippen molar-refractivity contribution in [1.82, 2.24) is 10.6 Å². The number of nitrogens with one attached hydrogen (secondary N) is 2. The fourth-order valence-corrected chi connectivity index (χ4v) is 3.01. The van der Waals surface area contributed by atoms with Gasteiger partial charge in [0.25, 0.3) is 0 Å². The van der Waals surface area contributed by atoms with Crippen LogP contribution in [0.5, 0.6) is 0 Å². The Labute approximate surface area is 157 Å². The van der Waals surface area contributed by atoms with Crippen molar-refractivity contribution in [1.29, 1.82) is 0 Å². The standard InChI is InChI=1S/C21H21N3O3/c25-15-22-13-20(26)23-12-11-21(27)24-14-18-7-2-1-5-16(18)9-10-17-6-3-4-8-19(17)24/h1-10,15H,11-14H2,(H,22,25)(H,23,26)/b10-9-. The molecule has 3 amide bonds. The first kappa shape index (κ1) is 18.4. The van der Waals surface area contributed by atoms with Crippen LogP contribution in [0.1, 0.15) is 23.1 Å². The van der Waals surface area contributed by atoms with E-state index in [9.17, 15) is 14.4 Å². The molecule has 1 aliphatic heterocycles. The Morgan fingerprint density at radius 2 is 1.70 bits per heavy atom. The number of carbonyl (C=O) groups is 3. The maximum atomic E-state index is 12.9. The third-order valence-corrected chi connectivity index (χ3v) is 4.36. The molecule has 2 aromatic carbocycles. The molecule has 2 N–H and O–H groups in total. The lowest BCUT2D eigenvalue weighted by molar-refractivity contribution is -0.122. The molecule has 0 bridgehead atoms. The fourth-order valence-electron chi connectivity index (χ4n) is 3.01. The van der Waals surface area contributed by atoms with Crippen LogP contribution in [0, 0.1) is 0 Å². The van der Waals surface area contributed by atoms with Gasteiger partial charge in [0, 0.05) is 13.0 Å². The molecule has 2 aromatic rings. The average Bonchev–Trinajstić information content (AvgIpc) is 2.68. The van der Waals surface area contributed by atoms with E-state index >= 15 is 0 Å². The molecule has 0 fully saturated rings. The van der Waals surface area contributed by atoms with E-state index in [2.05, 4.69) is 16.7 Å². The van der Waals surface area contributed by atoms with Gasteiger partial charge in [0.2, 0.25) is 18.2 Å². The zero-order valence-electron chi connectivity index (χ0n) is 14.9. The number of fused-ring (bicyclic) bond motifs is 2. The molecular weight excluding hydrogens is 342 g/mol. The Morgan fingerprint density at radius 3 is 2.52 bits per heavy atom. The minimum absolute atomic E-state index is 0.0730. The summed E-state index contributed by atoms with van der Waals surface area (Å²) in [5.74, 6) is -0.396. The lowest BCUT2D eigenvalue weighted by atomic mass is 10.0. The van der Waals surface area contributed by atoms with E-state index < -0.39 is 0 Å². The number of hydrogen-bond donors (Lipinski definition) is 2. The number of hydrogen-bond acceptors (Lipinski definition) is 3. The Hall–Kier alpha value is -3.41. The van der Waals surface area contributed by atoms with Crippen molar-refractivity contribution in [3.05, 3.63) is 65.2 Å². The van der Waals surface area contributed by atoms with Crippen LogP contribution < -0.4 is 15.5 Å². The first-order valence-electron chi connectivity index (χ1n) is 8.78. The molecule has 1 aliphatic rings. The summed E-state index contributed by atoms with van der Waals surface area (Å²) in [7, 11) is 0. The Morgan fingerprint density at radius 1 is 1.00 bits per heavy atom. The number of nitrogens with zero attached hydrogens (tertiary/aromatic N) is 1. The monoisotopic (exact) mass is 363 g/mol. The maximum absolute atomic E-state index is 12.9. The molecule has 0 aromatic heterocycles. The molecule has 3 rings (SSSR count). The molecule has 27 heavy (non-hydrogen) atoms. The van der Waals surface area contributed by atoms with Gasteiger partial charge in [-0.1, -0.05) is 54.6 Å². The lowest BCUT2D eigenvalue weighted by Gasteiger charge is -2.27. The van der Waals surface area contributed by atoms with Crippen LogP contribution in [0.15, 0.2) is 48.5 Å². The van der Waals surface area contributed by atoms with Crippen LogP contribution in [0.25, 0.3) is 12.2 Å². The minimum atomic E-state index is -0.323. The molecule has 0 saturated carbocycles. The zero-order chi connectivity index (χ0) is 19.1. The topological polar surface area (TPSA) is 78.5 Å². The molecule has 6 nitrogen and oxygen atoms in total. The lowest BCUT2D eigenvalue weighted by Crippen LogP contribution is -2.37. The van der Waals surface area contributed by atoms with Crippen LogP contribution >= 0.6 is 0 Å². The number of carbonyl (C=O) groups excluding carboxylic acids is 3. The molecule has 0 radical (unpaired) electrons. The summed E-state index contributed by atoms with van der Waals surface area (Å²) in [6.07, 6.45) is 4.72. The third kappa shape index (κ3) is 4.61. The summed E-state index contributed by atoms with van der Waals surface area (Å²) in [6, 6.07) is 15.7. The first-order valence-corrected chi connectivity index (χ1v) is 8.78. The van der Waals surface area contributed by atoms with Gasteiger partial charge in [-0.15, -0.1) is 0 Å². The van der Waals surface area contributed by atoms with Crippen LogP contribution in [-0.2, 0) is 20.9 Å². The summed E-state index contributed by atoms with van der Waals surface area (Å²) in [6.45, 7) is 0.591. The number of rotatable bonds is 6. The summed E-state index contributed by atoms with van der Waals surface area (Å²) >= 11 is 0. The van der Waals surface area contributed by atoms with E-state index in [0.717, 1.165) is 22.4 Å². The molecule has 0 aliphatic carbocycles. The highest BCUT2D eigenvalue weighted by Gasteiger charge is 2.20. The normalized spacial score (nSPS) is 13.4. The molecule has 0 unspecified atom stereocenters.